The van der Waals surface area contributed by atoms with Gasteiger partial charge in [-0.2, -0.15) is 0 Å². The Morgan fingerprint density at radius 2 is 2.15 bits per heavy atom. The van der Waals surface area contributed by atoms with Gasteiger partial charge in [0.2, 0.25) is 5.91 Å². The van der Waals surface area contributed by atoms with Crippen molar-refractivity contribution in [2.75, 3.05) is 20.2 Å². The number of ether oxygens (including phenoxy) is 1. The average Bonchev–Trinajstić information content (AvgIpc) is 2.45. The first-order chi connectivity index (χ1) is 9.54. The van der Waals surface area contributed by atoms with Crippen LogP contribution in [0.3, 0.4) is 0 Å². The van der Waals surface area contributed by atoms with Crippen LogP contribution in [0.5, 0.6) is 0 Å². The summed E-state index contributed by atoms with van der Waals surface area (Å²) < 4.78 is 5.41. The Bertz CT molecular complexity index is 429. The van der Waals surface area contributed by atoms with Crippen LogP contribution in [0.1, 0.15) is 12.5 Å². The van der Waals surface area contributed by atoms with Gasteiger partial charge in [0.15, 0.2) is 0 Å². The van der Waals surface area contributed by atoms with Crippen molar-refractivity contribution < 1.29 is 14.6 Å². The summed E-state index contributed by atoms with van der Waals surface area (Å²) in [4.78, 5) is 11.3. The van der Waals surface area contributed by atoms with Gasteiger partial charge in [0.05, 0.1) is 25.4 Å². The molecule has 0 saturated carbocycles. The lowest BCUT2D eigenvalue weighted by Crippen LogP contribution is -2.44. The number of halogens is 1. The van der Waals surface area contributed by atoms with E-state index in [1.165, 1.54) is 0 Å². The molecule has 20 heavy (non-hydrogen) atoms. The number of hydrogen-bond acceptors (Lipinski definition) is 4. The van der Waals surface area contributed by atoms with Gasteiger partial charge in [0, 0.05) is 18.6 Å². The first-order valence-corrected chi connectivity index (χ1v) is 6.86. The van der Waals surface area contributed by atoms with Crippen molar-refractivity contribution >= 4 is 17.5 Å². The van der Waals surface area contributed by atoms with Crippen LogP contribution >= 0.6 is 11.6 Å². The first kappa shape index (κ1) is 16.9. The number of aliphatic hydroxyl groups excluding tert-OH is 1. The zero-order valence-corrected chi connectivity index (χ0v) is 12.5. The molecule has 0 fully saturated rings. The SMILES string of the molecule is CNC(=O)C(C)NCC(O)COCc1ccccc1Cl. The summed E-state index contributed by atoms with van der Waals surface area (Å²) in [5, 5.41) is 15.8. The number of carbonyl (C=O) groups excluding carboxylic acids is 1. The van der Waals surface area contributed by atoms with Gasteiger partial charge in [-0.1, -0.05) is 29.8 Å². The number of carbonyl (C=O) groups is 1. The van der Waals surface area contributed by atoms with E-state index in [-0.39, 0.29) is 25.1 Å². The molecule has 1 rings (SSSR count). The third kappa shape index (κ3) is 5.88. The Kier molecular flexibility index (Phi) is 7.54. The number of benzene rings is 1. The second-order valence-corrected chi connectivity index (χ2v) is 4.91. The van der Waals surface area contributed by atoms with Crippen molar-refractivity contribution in [3.63, 3.8) is 0 Å². The fourth-order valence-corrected chi connectivity index (χ4v) is 1.79. The molecule has 0 aromatic heterocycles. The summed E-state index contributed by atoms with van der Waals surface area (Å²) >= 11 is 5.99. The van der Waals surface area contributed by atoms with E-state index in [2.05, 4.69) is 10.6 Å². The highest BCUT2D eigenvalue weighted by molar-refractivity contribution is 6.31. The van der Waals surface area contributed by atoms with Crippen LogP contribution in [0.15, 0.2) is 24.3 Å². The number of hydrogen-bond donors (Lipinski definition) is 3. The standard InChI is InChI=1S/C14H21ClN2O3/c1-10(14(19)16-2)17-7-12(18)9-20-8-11-5-3-4-6-13(11)15/h3-6,10,12,17-18H,7-9H2,1-2H3,(H,16,19). The molecule has 0 heterocycles. The van der Waals surface area contributed by atoms with Gasteiger partial charge in [0.25, 0.3) is 0 Å². The van der Waals surface area contributed by atoms with Crippen LogP contribution in [-0.4, -0.2) is 43.4 Å². The topological polar surface area (TPSA) is 70.6 Å². The number of nitrogens with one attached hydrogen (secondary N) is 2. The predicted octanol–water partition coefficient (Wildman–Crippen LogP) is 0.942. The minimum Gasteiger partial charge on any atom is -0.389 e. The number of rotatable bonds is 8. The molecule has 0 bridgehead atoms. The van der Waals surface area contributed by atoms with E-state index in [0.717, 1.165) is 5.56 Å². The lowest BCUT2D eigenvalue weighted by atomic mass is 10.2. The normalized spacial score (nSPS) is 13.8. The molecule has 5 nitrogen and oxygen atoms in total. The molecule has 1 amide bonds. The first-order valence-electron chi connectivity index (χ1n) is 6.48. The molecule has 0 saturated heterocycles. The van der Waals surface area contributed by atoms with Gasteiger partial charge in [0.1, 0.15) is 0 Å². The number of likely N-dealkylation sites (N-methyl/N-ethyl adjacent to an activating group) is 1. The maximum atomic E-state index is 11.3. The predicted molar refractivity (Wildman–Crippen MR) is 78.6 cm³/mol. The van der Waals surface area contributed by atoms with Crippen LogP contribution < -0.4 is 10.6 Å². The van der Waals surface area contributed by atoms with Crippen LogP contribution in [0.4, 0.5) is 0 Å². The van der Waals surface area contributed by atoms with E-state index < -0.39 is 6.10 Å². The molecule has 2 atom stereocenters. The van der Waals surface area contributed by atoms with E-state index >= 15 is 0 Å². The van der Waals surface area contributed by atoms with Crippen molar-refractivity contribution in [2.45, 2.75) is 25.7 Å². The van der Waals surface area contributed by atoms with Gasteiger partial charge < -0.3 is 20.5 Å². The Hall–Kier alpha value is -1.14. The molecule has 0 spiro atoms. The van der Waals surface area contributed by atoms with Crippen molar-refractivity contribution in [2.24, 2.45) is 0 Å². The van der Waals surface area contributed by atoms with Gasteiger partial charge in [-0.3, -0.25) is 4.79 Å². The zero-order valence-electron chi connectivity index (χ0n) is 11.7. The van der Waals surface area contributed by atoms with Crippen LogP contribution in [0.2, 0.25) is 5.02 Å². The van der Waals surface area contributed by atoms with Gasteiger partial charge in [-0.25, -0.2) is 0 Å². The molecule has 1 aromatic carbocycles. The molecule has 1 aromatic rings. The van der Waals surface area contributed by atoms with Gasteiger partial charge in [-0.15, -0.1) is 0 Å². The van der Waals surface area contributed by atoms with Crippen molar-refractivity contribution in [3.05, 3.63) is 34.9 Å². The summed E-state index contributed by atoms with van der Waals surface area (Å²) in [7, 11) is 1.57. The lowest BCUT2D eigenvalue weighted by molar-refractivity contribution is -0.122. The highest BCUT2D eigenvalue weighted by atomic mass is 35.5. The monoisotopic (exact) mass is 300 g/mol. The van der Waals surface area contributed by atoms with Crippen molar-refractivity contribution in [1.82, 2.24) is 10.6 Å². The van der Waals surface area contributed by atoms with E-state index in [9.17, 15) is 9.90 Å². The number of aliphatic hydroxyl groups is 1. The van der Waals surface area contributed by atoms with Crippen LogP contribution in [0.25, 0.3) is 0 Å². The minimum atomic E-state index is -0.676. The van der Waals surface area contributed by atoms with E-state index in [0.29, 0.717) is 11.6 Å². The second kappa shape index (κ2) is 8.92. The summed E-state index contributed by atoms with van der Waals surface area (Å²) in [5.41, 5.74) is 0.882. The summed E-state index contributed by atoms with van der Waals surface area (Å²) in [6.07, 6.45) is -0.676. The average molecular weight is 301 g/mol. The molecule has 2 unspecified atom stereocenters. The van der Waals surface area contributed by atoms with Crippen molar-refractivity contribution in [3.8, 4) is 0 Å². The highest BCUT2D eigenvalue weighted by Crippen LogP contribution is 2.15. The lowest BCUT2D eigenvalue weighted by Gasteiger charge is -2.16. The van der Waals surface area contributed by atoms with E-state index in [1.807, 2.05) is 18.2 Å². The molecular formula is C14H21ClN2O3. The zero-order chi connectivity index (χ0) is 15.0. The quantitative estimate of drug-likeness (QED) is 0.668. The summed E-state index contributed by atoms with van der Waals surface area (Å²) in [6, 6.07) is 7.06. The highest BCUT2D eigenvalue weighted by Gasteiger charge is 2.12. The van der Waals surface area contributed by atoms with Gasteiger partial charge >= 0.3 is 0 Å². The maximum Gasteiger partial charge on any atom is 0.236 e. The molecule has 0 aliphatic rings. The third-order valence-corrected chi connectivity index (χ3v) is 3.19. The van der Waals surface area contributed by atoms with Crippen LogP contribution in [0, 0.1) is 0 Å². The molecule has 0 aliphatic heterocycles. The Morgan fingerprint density at radius 3 is 2.80 bits per heavy atom. The Morgan fingerprint density at radius 1 is 1.45 bits per heavy atom. The maximum absolute atomic E-state index is 11.3. The Balaban J connectivity index is 2.22. The Labute approximate surface area is 124 Å². The third-order valence-electron chi connectivity index (χ3n) is 2.82. The molecule has 3 N–H and O–H groups in total. The summed E-state index contributed by atoms with van der Waals surface area (Å²) in [6.45, 7) is 2.55. The van der Waals surface area contributed by atoms with Crippen LogP contribution in [-0.2, 0) is 16.1 Å². The molecule has 112 valence electrons. The fourth-order valence-electron chi connectivity index (χ4n) is 1.60. The molecule has 0 radical (unpaired) electrons. The van der Waals surface area contributed by atoms with Gasteiger partial charge in [-0.05, 0) is 18.6 Å². The molecular weight excluding hydrogens is 280 g/mol. The van der Waals surface area contributed by atoms with Crippen molar-refractivity contribution in [1.29, 1.82) is 0 Å². The fraction of sp³-hybridized carbons (Fsp3) is 0.500. The van der Waals surface area contributed by atoms with E-state index in [4.69, 9.17) is 16.3 Å². The molecule has 0 aliphatic carbocycles. The van der Waals surface area contributed by atoms with E-state index in [1.54, 1.807) is 20.0 Å². The largest absolute Gasteiger partial charge is 0.389 e. The summed E-state index contributed by atoms with van der Waals surface area (Å²) in [5.74, 6) is -0.116. The second-order valence-electron chi connectivity index (χ2n) is 4.50. The molecule has 6 heteroatoms. The smallest absolute Gasteiger partial charge is 0.236 e. The number of amides is 1. The minimum absolute atomic E-state index is 0.116.